The molecule has 1 aliphatic rings. The highest BCUT2D eigenvalue weighted by Gasteiger charge is 2.20. The van der Waals surface area contributed by atoms with Gasteiger partial charge in [-0.3, -0.25) is 20.1 Å². The highest BCUT2D eigenvalue weighted by atomic mass is 32.1. The number of benzene rings is 1. The summed E-state index contributed by atoms with van der Waals surface area (Å²) >= 11 is 1.53. The molecule has 0 atom stereocenters. The summed E-state index contributed by atoms with van der Waals surface area (Å²) in [5, 5.41) is 9.58. The van der Waals surface area contributed by atoms with Gasteiger partial charge in [0.15, 0.2) is 0 Å². The third-order valence-corrected chi connectivity index (χ3v) is 7.22. The average molecular weight is 475 g/mol. The lowest BCUT2D eigenvalue weighted by Crippen LogP contribution is -2.43. The molecule has 0 radical (unpaired) electrons. The van der Waals surface area contributed by atoms with Crippen molar-refractivity contribution in [1.29, 1.82) is 5.41 Å². The Kier molecular flexibility index (Phi) is 6.14. The van der Waals surface area contributed by atoms with Crippen LogP contribution in [0.5, 0.6) is 0 Å². The predicted octanol–water partition coefficient (Wildman–Crippen LogP) is 3.58. The number of rotatable bonds is 6. The van der Waals surface area contributed by atoms with Crippen LogP contribution in [0.25, 0.3) is 21.3 Å². The van der Waals surface area contributed by atoms with Gasteiger partial charge in [-0.25, -0.2) is 0 Å². The van der Waals surface area contributed by atoms with Crippen LogP contribution in [0.1, 0.15) is 11.3 Å². The fraction of sp³-hybridized carbons (Fsp3) is 0.240. The molecule has 3 aromatic heterocycles. The smallest absolute Gasteiger partial charge is 0.241 e. The van der Waals surface area contributed by atoms with E-state index >= 15 is 0 Å². The first kappa shape index (κ1) is 22.3. The Morgan fingerprint density at radius 3 is 2.65 bits per heavy atom. The Balaban J connectivity index is 1.32. The topological polar surface area (TPSA) is 111 Å². The maximum atomic E-state index is 12.7. The second-order valence-corrected chi connectivity index (χ2v) is 9.36. The number of pyridine rings is 1. The molecule has 4 aromatic rings. The molecule has 8 nitrogen and oxygen atoms in total. The summed E-state index contributed by atoms with van der Waals surface area (Å²) in [6.45, 7) is 3.29. The van der Waals surface area contributed by atoms with E-state index < -0.39 is 0 Å². The van der Waals surface area contributed by atoms with Crippen LogP contribution in [0.4, 0.5) is 10.7 Å². The summed E-state index contributed by atoms with van der Waals surface area (Å²) in [5.41, 5.74) is 11.5. The van der Waals surface area contributed by atoms with E-state index in [1.807, 2.05) is 49.5 Å². The molecule has 0 aliphatic carbocycles. The highest BCUT2D eigenvalue weighted by molar-refractivity contribution is 7.23. The largest absolute Gasteiger partial charge is 0.398 e. The number of aromatic nitrogens is 2. The number of hydrogen-bond acceptors (Lipinski definition) is 7. The minimum atomic E-state index is 0.0563. The lowest BCUT2D eigenvalue weighted by molar-refractivity contribution is -0.120. The molecular weight excluding hydrogens is 448 g/mol. The van der Waals surface area contributed by atoms with Crippen molar-refractivity contribution in [1.82, 2.24) is 14.9 Å². The van der Waals surface area contributed by atoms with Gasteiger partial charge in [-0.15, -0.1) is 11.3 Å². The van der Waals surface area contributed by atoms with Gasteiger partial charge in [0.05, 0.1) is 41.4 Å². The predicted molar refractivity (Wildman–Crippen MR) is 137 cm³/mol. The Bertz CT molecular complexity index is 1310. The van der Waals surface area contributed by atoms with Crippen LogP contribution in [-0.2, 0) is 9.53 Å². The number of nitrogens with one attached hydrogen (secondary N) is 2. The van der Waals surface area contributed by atoms with Gasteiger partial charge in [0.2, 0.25) is 5.91 Å². The summed E-state index contributed by atoms with van der Waals surface area (Å²) in [4.78, 5) is 23.9. The minimum Gasteiger partial charge on any atom is -0.398 e. The van der Waals surface area contributed by atoms with Crippen LogP contribution < -0.4 is 10.6 Å². The van der Waals surface area contributed by atoms with Crippen molar-refractivity contribution in [2.75, 3.05) is 50.5 Å². The van der Waals surface area contributed by atoms with Gasteiger partial charge in [0.1, 0.15) is 5.00 Å². The van der Waals surface area contributed by atoms with E-state index in [-0.39, 0.29) is 5.91 Å². The van der Waals surface area contributed by atoms with Crippen LogP contribution in [0.3, 0.4) is 0 Å². The zero-order chi connectivity index (χ0) is 23.7. The number of morpholine rings is 1. The number of aromatic amines is 1. The van der Waals surface area contributed by atoms with Crippen LogP contribution in [0.2, 0.25) is 0 Å². The van der Waals surface area contributed by atoms with Gasteiger partial charge in [0.25, 0.3) is 0 Å². The molecular formula is C25H26N6O2S. The summed E-state index contributed by atoms with van der Waals surface area (Å²) in [7, 11) is 1.81. The lowest BCUT2D eigenvalue weighted by atomic mass is 10.00. The number of carbonyl (C=O) groups is 1. The molecule has 1 saturated heterocycles. The molecule has 1 aromatic carbocycles. The second-order valence-electron chi connectivity index (χ2n) is 8.30. The zero-order valence-electron chi connectivity index (χ0n) is 18.9. The number of anilines is 2. The Hall–Kier alpha value is -3.53. The third-order valence-electron chi connectivity index (χ3n) is 6.06. The van der Waals surface area contributed by atoms with Crippen molar-refractivity contribution in [3.63, 3.8) is 0 Å². The summed E-state index contributed by atoms with van der Waals surface area (Å²) in [6, 6.07) is 13.5. The maximum absolute atomic E-state index is 12.7. The van der Waals surface area contributed by atoms with E-state index in [9.17, 15) is 4.79 Å². The van der Waals surface area contributed by atoms with Crippen molar-refractivity contribution in [2.45, 2.75) is 0 Å². The Morgan fingerprint density at radius 2 is 1.94 bits per heavy atom. The molecule has 0 bridgehead atoms. The number of amides is 1. The molecule has 0 saturated carbocycles. The number of carbonyl (C=O) groups excluding carboxylic acids is 1. The van der Waals surface area contributed by atoms with E-state index in [0.29, 0.717) is 42.4 Å². The number of nitrogens with two attached hydrogens (primary N) is 1. The lowest BCUT2D eigenvalue weighted by Gasteiger charge is -2.27. The first-order valence-electron chi connectivity index (χ1n) is 11.1. The molecule has 0 unspecified atom stereocenters. The summed E-state index contributed by atoms with van der Waals surface area (Å²) in [6.07, 6.45) is 3.49. The van der Waals surface area contributed by atoms with Crippen LogP contribution >= 0.6 is 11.3 Å². The zero-order valence-corrected chi connectivity index (χ0v) is 19.7. The quantitative estimate of drug-likeness (QED) is 0.292. The van der Waals surface area contributed by atoms with Gasteiger partial charge < -0.3 is 20.4 Å². The molecule has 34 heavy (non-hydrogen) atoms. The molecule has 9 heteroatoms. The number of ether oxygens (including phenoxy) is 1. The van der Waals surface area contributed by atoms with E-state index in [0.717, 1.165) is 39.4 Å². The van der Waals surface area contributed by atoms with Gasteiger partial charge in [-0.05, 0) is 41.5 Å². The first-order chi connectivity index (χ1) is 16.5. The molecule has 1 amide bonds. The normalized spacial score (nSPS) is 14.4. The van der Waals surface area contributed by atoms with E-state index in [1.165, 1.54) is 11.3 Å². The minimum absolute atomic E-state index is 0.0563. The van der Waals surface area contributed by atoms with Crippen LogP contribution in [-0.4, -0.2) is 66.4 Å². The fourth-order valence-corrected chi connectivity index (χ4v) is 5.09. The summed E-state index contributed by atoms with van der Waals surface area (Å²) < 4.78 is 6.35. The number of nitrogens with zero attached hydrogens (tertiary/aromatic N) is 3. The first-order valence-corrected chi connectivity index (χ1v) is 11.9. The van der Waals surface area contributed by atoms with E-state index in [2.05, 4.69) is 14.9 Å². The van der Waals surface area contributed by atoms with Gasteiger partial charge >= 0.3 is 0 Å². The molecule has 5 rings (SSSR count). The molecule has 0 spiro atoms. The molecule has 4 N–H and O–H groups in total. The van der Waals surface area contributed by atoms with Crippen molar-refractivity contribution >= 4 is 43.9 Å². The molecule has 4 heterocycles. The Labute approximate surface area is 201 Å². The highest BCUT2D eigenvalue weighted by Crippen LogP contribution is 2.34. The van der Waals surface area contributed by atoms with E-state index in [4.69, 9.17) is 15.9 Å². The van der Waals surface area contributed by atoms with E-state index in [1.54, 1.807) is 17.3 Å². The van der Waals surface area contributed by atoms with Crippen molar-refractivity contribution in [3.8, 4) is 11.1 Å². The number of nitrogen functional groups attached to an aromatic ring is 1. The van der Waals surface area contributed by atoms with Gasteiger partial charge in [-0.1, -0.05) is 12.1 Å². The average Bonchev–Trinajstić information content (AvgIpc) is 3.44. The number of likely N-dealkylation sites (N-methyl/N-ethyl adjacent to an activating group) is 1. The molecule has 1 fully saturated rings. The Morgan fingerprint density at radius 1 is 1.18 bits per heavy atom. The van der Waals surface area contributed by atoms with Crippen molar-refractivity contribution in [2.24, 2.45) is 0 Å². The van der Waals surface area contributed by atoms with Crippen molar-refractivity contribution in [3.05, 3.63) is 66.1 Å². The fourth-order valence-electron chi connectivity index (χ4n) is 4.05. The standard InChI is InChI=1S/C25H26N6O2S/c1-30(23(32)15-31-8-10-33-11-9-31)24-14-20-22(34-24)13-21(29-20)25(27)18-3-2-17(12-19(18)26)16-4-6-28-7-5-16/h2-7,12-14,27,29H,8-11,15,26H2,1H3. The van der Waals surface area contributed by atoms with Gasteiger partial charge in [0, 0.05) is 43.8 Å². The third kappa shape index (κ3) is 4.45. The number of H-pyrrole nitrogens is 1. The maximum Gasteiger partial charge on any atom is 0.241 e. The van der Waals surface area contributed by atoms with Crippen LogP contribution in [0.15, 0.2) is 54.9 Å². The molecule has 174 valence electrons. The number of fused-ring (bicyclic) bond motifs is 1. The van der Waals surface area contributed by atoms with Gasteiger partial charge in [-0.2, -0.15) is 0 Å². The monoisotopic (exact) mass is 474 g/mol. The number of thiophene rings is 1. The molecule has 1 aliphatic heterocycles. The number of hydrogen-bond donors (Lipinski definition) is 3. The second kappa shape index (κ2) is 9.38. The SMILES string of the molecule is CN(C(=O)CN1CCOCC1)c1cc2[nH]c(C(=N)c3ccc(-c4ccncc4)cc3N)cc2s1. The summed E-state index contributed by atoms with van der Waals surface area (Å²) in [5.74, 6) is 0.0563. The van der Waals surface area contributed by atoms with Crippen LogP contribution in [0, 0.1) is 5.41 Å². The van der Waals surface area contributed by atoms with Crippen molar-refractivity contribution < 1.29 is 9.53 Å².